The number of thioether (sulfide) groups is 1. The van der Waals surface area contributed by atoms with Gasteiger partial charge in [-0.3, -0.25) is 4.57 Å². The van der Waals surface area contributed by atoms with Gasteiger partial charge in [-0.25, -0.2) is 9.78 Å². The first kappa shape index (κ1) is 15.4. The van der Waals surface area contributed by atoms with Gasteiger partial charge in [0.2, 0.25) is 0 Å². The number of hydrogen-bond donors (Lipinski definition) is 1. The smallest absolute Gasteiger partial charge is 0.336 e. The van der Waals surface area contributed by atoms with E-state index >= 15 is 0 Å². The zero-order chi connectivity index (χ0) is 15.9. The van der Waals surface area contributed by atoms with Gasteiger partial charge in [0.05, 0.1) is 19.0 Å². The van der Waals surface area contributed by atoms with Crippen LogP contribution in [0.15, 0.2) is 6.33 Å². The number of esters is 1. The molecule has 7 nitrogen and oxygen atoms in total. The molecular formula is C12H12ClFN4O3S. The fraction of sp³-hybridized carbons (Fsp3) is 0.500. The van der Waals surface area contributed by atoms with Crippen LogP contribution in [0.3, 0.4) is 0 Å². The second-order valence-corrected chi connectivity index (χ2v) is 6.13. The van der Waals surface area contributed by atoms with Crippen molar-refractivity contribution >= 4 is 40.5 Å². The van der Waals surface area contributed by atoms with Gasteiger partial charge in [0.1, 0.15) is 5.52 Å². The molecule has 2 aromatic rings. The molecule has 118 valence electrons. The molecule has 2 unspecified atom stereocenters. The quantitative estimate of drug-likeness (QED) is 0.503. The van der Waals surface area contributed by atoms with Crippen LogP contribution in [-0.4, -0.2) is 54.8 Å². The van der Waals surface area contributed by atoms with Crippen LogP contribution >= 0.6 is 23.4 Å². The Balaban J connectivity index is 2.23. The van der Waals surface area contributed by atoms with Crippen molar-refractivity contribution in [2.24, 2.45) is 0 Å². The van der Waals surface area contributed by atoms with E-state index in [4.69, 9.17) is 16.3 Å². The number of rotatable bonds is 3. The van der Waals surface area contributed by atoms with E-state index < -0.39 is 23.7 Å². The Morgan fingerprint density at radius 1 is 1.68 bits per heavy atom. The number of halogens is 2. The summed E-state index contributed by atoms with van der Waals surface area (Å²) < 4.78 is 19.9. The Bertz CT molecular complexity index is 742. The Morgan fingerprint density at radius 3 is 3.09 bits per heavy atom. The van der Waals surface area contributed by atoms with Gasteiger partial charge in [-0.15, -0.1) is 0 Å². The Kier molecular flexibility index (Phi) is 3.96. The molecule has 0 aromatic carbocycles. The molecule has 1 saturated heterocycles. The summed E-state index contributed by atoms with van der Waals surface area (Å²) in [7, 11) is 0. The molecular weight excluding hydrogens is 335 g/mol. The number of carbonyl (C=O) groups is 1. The van der Waals surface area contributed by atoms with Gasteiger partial charge < -0.3 is 9.84 Å². The van der Waals surface area contributed by atoms with Crippen LogP contribution in [0, 0.1) is 6.08 Å². The highest BCUT2D eigenvalue weighted by Crippen LogP contribution is 2.38. The number of aliphatic hydroxyl groups excluding tert-OH is 1. The summed E-state index contributed by atoms with van der Waals surface area (Å²) in [6.07, 6.45) is -0.736. The zero-order valence-electron chi connectivity index (χ0n) is 11.5. The number of aliphatic hydroxyl groups is 1. The van der Waals surface area contributed by atoms with Crippen LogP contribution in [0.2, 0.25) is 5.15 Å². The summed E-state index contributed by atoms with van der Waals surface area (Å²) in [4.78, 5) is 23.6. The van der Waals surface area contributed by atoms with Gasteiger partial charge in [0.25, 0.3) is 0 Å². The summed E-state index contributed by atoms with van der Waals surface area (Å²) in [5, 5.41) is 10.2. The molecule has 1 aliphatic rings. The van der Waals surface area contributed by atoms with Crippen LogP contribution < -0.4 is 0 Å². The van der Waals surface area contributed by atoms with Crippen LogP contribution in [0.4, 0.5) is 4.39 Å². The van der Waals surface area contributed by atoms with Crippen molar-refractivity contribution < 1.29 is 19.0 Å². The number of hydrogen-bond acceptors (Lipinski definition) is 7. The van der Waals surface area contributed by atoms with E-state index in [1.165, 1.54) is 22.7 Å². The molecule has 3 heterocycles. The molecule has 0 spiro atoms. The second kappa shape index (κ2) is 5.64. The number of nitrogens with zero attached hydrogens (tertiary/aromatic N) is 4. The van der Waals surface area contributed by atoms with Crippen molar-refractivity contribution in [1.29, 1.82) is 0 Å². The Morgan fingerprint density at radius 2 is 2.45 bits per heavy atom. The predicted molar refractivity (Wildman–Crippen MR) is 78.2 cm³/mol. The highest BCUT2D eigenvalue weighted by Gasteiger charge is 2.53. The molecule has 3 rings (SSSR count). The lowest BCUT2D eigenvalue weighted by molar-refractivity contribution is -0.157. The number of fused-ring (bicyclic) bond motifs is 1. The van der Waals surface area contributed by atoms with Crippen LogP contribution in [-0.2, 0) is 15.1 Å². The van der Waals surface area contributed by atoms with E-state index in [9.17, 15) is 14.3 Å². The molecule has 0 radical (unpaired) electrons. The average Bonchev–Trinajstić information content (AvgIpc) is 3.03. The minimum atomic E-state index is -1.40. The standard InChI is InChI=1S/C12H12ClFN4O3S/c1-2-21-10(20)12(4-22-3-6(12)19)18-5-15-7-8(13)16-11(14)17-9(7)18/h5-6,19H,2-4H2,1H3. The molecule has 22 heavy (non-hydrogen) atoms. The summed E-state index contributed by atoms with van der Waals surface area (Å²) in [5.41, 5.74) is -1.19. The van der Waals surface area contributed by atoms with Gasteiger partial charge in [-0.2, -0.15) is 26.1 Å². The van der Waals surface area contributed by atoms with Crippen molar-refractivity contribution in [3.63, 3.8) is 0 Å². The normalized spacial score (nSPS) is 24.8. The third-order valence-electron chi connectivity index (χ3n) is 3.53. The van der Waals surface area contributed by atoms with Gasteiger partial charge in [-0.05, 0) is 6.92 Å². The maximum absolute atomic E-state index is 13.5. The van der Waals surface area contributed by atoms with E-state index in [-0.39, 0.29) is 28.7 Å². The fourth-order valence-electron chi connectivity index (χ4n) is 2.47. The summed E-state index contributed by atoms with van der Waals surface area (Å²) in [6.45, 7) is 1.83. The lowest BCUT2D eigenvalue weighted by Gasteiger charge is -2.30. The first-order valence-corrected chi connectivity index (χ1v) is 8.03. The van der Waals surface area contributed by atoms with E-state index in [0.717, 1.165) is 0 Å². The molecule has 0 saturated carbocycles. The van der Waals surface area contributed by atoms with Crippen LogP contribution in [0.25, 0.3) is 11.2 Å². The fourth-order valence-corrected chi connectivity index (χ4v) is 4.05. The third-order valence-corrected chi connectivity index (χ3v) is 4.99. The zero-order valence-corrected chi connectivity index (χ0v) is 13.1. The van der Waals surface area contributed by atoms with E-state index in [2.05, 4.69) is 15.0 Å². The third kappa shape index (κ3) is 2.15. The molecule has 1 aliphatic heterocycles. The minimum absolute atomic E-state index is 0.0482. The summed E-state index contributed by atoms with van der Waals surface area (Å²) in [6, 6.07) is 0. The van der Waals surface area contributed by atoms with Crippen molar-refractivity contribution in [3.8, 4) is 0 Å². The highest BCUT2D eigenvalue weighted by atomic mass is 35.5. The Hall–Kier alpha value is -1.45. The monoisotopic (exact) mass is 346 g/mol. The molecule has 10 heteroatoms. The van der Waals surface area contributed by atoms with Crippen molar-refractivity contribution in [2.75, 3.05) is 18.1 Å². The SMILES string of the molecule is CCOC(=O)C1(n2cnc3c(Cl)nc(F)nc32)CSCC1O. The number of carbonyl (C=O) groups excluding carboxylic acids is 1. The first-order chi connectivity index (χ1) is 10.5. The van der Waals surface area contributed by atoms with E-state index in [1.54, 1.807) is 6.92 Å². The van der Waals surface area contributed by atoms with Gasteiger partial charge >= 0.3 is 12.0 Å². The van der Waals surface area contributed by atoms with E-state index in [1.807, 2.05) is 0 Å². The van der Waals surface area contributed by atoms with Gasteiger partial charge in [0.15, 0.2) is 16.3 Å². The van der Waals surface area contributed by atoms with Gasteiger partial charge in [0, 0.05) is 11.5 Å². The molecule has 2 atom stereocenters. The van der Waals surface area contributed by atoms with E-state index in [0.29, 0.717) is 5.75 Å². The van der Waals surface area contributed by atoms with Crippen molar-refractivity contribution in [3.05, 3.63) is 17.6 Å². The molecule has 0 bridgehead atoms. The Labute approximate surface area is 133 Å². The molecule has 0 aliphatic carbocycles. The number of imidazole rings is 1. The predicted octanol–water partition coefficient (Wildman–Crippen LogP) is 0.985. The minimum Gasteiger partial charge on any atom is -0.464 e. The summed E-state index contributed by atoms with van der Waals surface area (Å²) in [5.74, 6) is 0.00327. The maximum atomic E-state index is 13.5. The highest BCUT2D eigenvalue weighted by molar-refractivity contribution is 7.99. The van der Waals surface area contributed by atoms with Crippen LogP contribution in [0.5, 0.6) is 0 Å². The second-order valence-electron chi connectivity index (χ2n) is 4.75. The van der Waals surface area contributed by atoms with Gasteiger partial charge in [-0.1, -0.05) is 11.6 Å². The first-order valence-electron chi connectivity index (χ1n) is 6.50. The molecule has 2 aromatic heterocycles. The van der Waals surface area contributed by atoms with Crippen LogP contribution in [0.1, 0.15) is 6.92 Å². The van der Waals surface area contributed by atoms with Crippen molar-refractivity contribution in [1.82, 2.24) is 19.5 Å². The average molecular weight is 347 g/mol. The lowest BCUT2D eigenvalue weighted by Crippen LogP contribution is -2.51. The lowest BCUT2D eigenvalue weighted by atomic mass is 9.95. The largest absolute Gasteiger partial charge is 0.464 e. The number of aromatic nitrogens is 4. The number of ether oxygens (including phenoxy) is 1. The topological polar surface area (TPSA) is 90.1 Å². The molecule has 0 amide bonds. The van der Waals surface area contributed by atoms with Crippen molar-refractivity contribution in [2.45, 2.75) is 18.6 Å². The molecule has 1 N–H and O–H groups in total. The maximum Gasteiger partial charge on any atom is 0.336 e. The summed E-state index contributed by atoms with van der Waals surface area (Å²) >= 11 is 7.24. The molecule has 1 fully saturated rings.